The molecule has 0 spiro atoms. The second kappa shape index (κ2) is 5.84. The summed E-state index contributed by atoms with van der Waals surface area (Å²) in [6, 6.07) is 0. The van der Waals surface area contributed by atoms with Gasteiger partial charge in [0.25, 0.3) is 0 Å². The van der Waals surface area contributed by atoms with Crippen LogP contribution in [0.2, 0.25) is 0 Å². The summed E-state index contributed by atoms with van der Waals surface area (Å²) in [5.74, 6) is 0.455. The molecule has 0 aromatic rings. The van der Waals surface area contributed by atoms with Crippen LogP contribution in [0.25, 0.3) is 0 Å². The molecule has 1 saturated carbocycles. The highest BCUT2D eigenvalue weighted by Gasteiger charge is 2.14. The van der Waals surface area contributed by atoms with E-state index in [1.165, 1.54) is 39.2 Å². The Balaban J connectivity index is 2.56. The van der Waals surface area contributed by atoms with Crippen LogP contribution in [0.4, 0.5) is 0 Å². The van der Waals surface area contributed by atoms with Crippen LogP contribution in [0, 0.1) is 5.92 Å². The molecule has 0 saturated heterocycles. The van der Waals surface area contributed by atoms with Gasteiger partial charge in [0, 0.05) is 5.57 Å². The summed E-state index contributed by atoms with van der Waals surface area (Å²) in [4.78, 5) is 11.3. The number of hydrogen-bond acceptors (Lipinski definition) is 2. The first-order valence-corrected chi connectivity index (χ1v) is 5.57. The van der Waals surface area contributed by atoms with Crippen LogP contribution in [0.3, 0.4) is 0 Å². The standard InChI is InChI=1S/C12H20O2/c1-3-11(12(13)14-2)9-10-7-5-4-6-8-10/h9-10H,3-8H2,1-2H3/b11-9+. The van der Waals surface area contributed by atoms with Crippen molar-refractivity contribution in [3.8, 4) is 0 Å². The second-order valence-electron chi connectivity index (χ2n) is 3.94. The summed E-state index contributed by atoms with van der Waals surface area (Å²) in [5.41, 5.74) is 0.847. The Morgan fingerprint density at radius 3 is 2.50 bits per heavy atom. The molecule has 1 fully saturated rings. The Labute approximate surface area is 86.3 Å². The molecule has 14 heavy (non-hydrogen) atoms. The van der Waals surface area contributed by atoms with Crippen LogP contribution < -0.4 is 0 Å². The molecule has 0 aromatic carbocycles. The van der Waals surface area contributed by atoms with Gasteiger partial charge in [0.05, 0.1) is 7.11 Å². The van der Waals surface area contributed by atoms with E-state index in [1.54, 1.807) is 0 Å². The van der Waals surface area contributed by atoms with E-state index in [4.69, 9.17) is 4.74 Å². The Morgan fingerprint density at radius 1 is 1.36 bits per heavy atom. The van der Waals surface area contributed by atoms with E-state index in [0.29, 0.717) is 5.92 Å². The largest absolute Gasteiger partial charge is 0.466 e. The fourth-order valence-corrected chi connectivity index (χ4v) is 2.05. The highest BCUT2D eigenvalue weighted by molar-refractivity contribution is 5.88. The number of allylic oxidation sites excluding steroid dienone is 1. The Hall–Kier alpha value is -0.790. The molecule has 0 heterocycles. The van der Waals surface area contributed by atoms with Gasteiger partial charge >= 0.3 is 5.97 Å². The van der Waals surface area contributed by atoms with Crippen molar-refractivity contribution in [1.29, 1.82) is 0 Å². The van der Waals surface area contributed by atoms with Gasteiger partial charge in [0.1, 0.15) is 0 Å². The quantitative estimate of drug-likeness (QED) is 0.512. The van der Waals surface area contributed by atoms with E-state index in [9.17, 15) is 4.79 Å². The normalized spacial score (nSPS) is 19.4. The van der Waals surface area contributed by atoms with Crippen LogP contribution in [0.15, 0.2) is 11.6 Å². The first-order chi connectivity index (χ1) is 6.77. The van der Waals surface area contributed by atoms with E-state index < -0.39 is 0 Å². The molecule has 2 heteroatoms. The number of carbonyl (C=O) groups excluding carboxylic acids is 1. The van der Waals surface area contributed by atoms with Crippen molar-refractivity contribution in [2.75, 3.05) is 7.11 Å². The van der Waals surface area contributed by atoms with E-state index in [-0.39, 0.29) is 5.97 Å². The maximum absolute atomic E-state index is 11.3. The highest BCUT2D eigenvalue weighted by atomic mass is 16.5. The maximum atomic E-state index is 11.3. The summed E-state index contributed by atoms with van der Waals surface area (Å²) in [6.07, 6.45) is 9.35. The Morgan fingerprint density at radius 2 is 2.00 bits per heavy atom. The molecule has 80 valence electrons. The maximum Gasteiger partial charge on any atom is 0.333 e. The topological polar surface area (TPSA) is 26.3 Å². The average Bonchev–Trinajstić information content (AvgIpc) is 2.26. The first kappa shape index (κ1) is 11.3. The summed E-state index contributed by atoms with van der Waals surface area (Å²) >= 11 is 0. The van der Waals surface area contributed by atoms with Crippen LogP contribution in [0.1, 0.15) is 45.4 Å². The van der Waals surface area contributed by atoms with Gasteiger partial charge in [-0.2, -0.15) is 0 Å². The van der Waals surface area contributed by atoms with Crippen molar-refractivity contribution >= 4 is 5.97 Å². The lowest BCUT2D eigenvalue weighted by Crippen LogP contribution is -2.09. The van der Waals surface area contributed by atoms with Gasteiger partial charge in [-0.05, 0) is 25.2 Å². The van der Waals surface area contributed by atoms with Crippen molar-refractivity contribution in [1.82, 2.24) is 0 Å². The fourth-order valence-electron chi connectivity index (χ4n) is 2.05. The molecule has 0 radical (unpaired) electrons. The number of carbonyl (C=O) groups is 1. The monoisotopic (exact) mass is 196 g/mol. The van der Waals surface area contributed by atoms with Crippen LogP contribution >= 0.6 is 0 Å². The summed E-state index contributed by atoms with van der Waals surface area (Å²) in [7, 11) is 1.45. The molecule has 1 aliphatic rings. The molecule has 0 amide bonds. The molecule has 2 nitrogen and oxygen atoms in total. The molecule has 0 N–H and O–H groups in total. The lowest BCUT2D eigenvalue weighted by Gasteiger charge is -2.19. The van der Waals surface area contributed by atoms with Gasteiger partial charge in [0.15, 0.2) is 0 Å². The number of methoxy groups -OCH3 is 1. The van der Waals surface area contributed by atoms with E-state index in [2.05, 4.69) is 6.08 Å². The average molecular weight is 196 g/mol. The molecule has 1 rings (SSSR count). The third kappa shape index (κ3) is 3.17. The second-order valence-corrected chi connectivity index (χ2v) is 3.94. The van der Waals surface area contributed by atoms with E-state index in [0.717, 1.165) is 12.0 Å². The van der Waals surface area contributed by atoms with Crippen molar-refractivity contribution in [2.45, 2.75) is 45.4 Å². The predicted molar refractivity (Wildman–Crippen MR) is 57.0 cm³/mol. The number of ether oxygens (including phenoxy) is 1. The van der Waals surface area contributed by atoms with E-state index >= 15 is 0 Å². The third-order valence-corrected chi connectivity index (χ3v) is 2.92. The zero-order chi connectivity index (χ0) is 10.4. The molecule has 0 bridgehead atoms. The summed E-state index contributed by atoms with van der Waals surface area (Å²) < 4.78 is 4.74. The Bertz CT molecular complexity index is 212. The van der Waals surface area contributed by atoms with Gasteiger partial charge in [-0.15, -0.1) is 0 Å². The van der Waals surface area contributed by atoms with Crippen molar-refractivity contribution in [2.24, 2.45) is 5.92 Å². The minimum Gasteiger partial charge on any atom is -0.466 e. The van der Waals surface area contributed by atoms with Crippen LogP contribution in [0.5, 0.6) is 0 Å². The van der Waals surface area contributed by atoms with Gasteiger partial charge in [-0.3, -0.25) is 0 Å². The molecule has 1 aliphatic carbocycles. The minimum atomic E-state index is -0.155. The number of esters is 1. The van der Waals surface area contributed by atoms with Crippen LogP contribution in [-0.4, -0.2) is 13.1 Å². The molecule has 0 unspecified atom stereocenters. The minimum absolute atomic E-state index is 0.155. The zero-order valence-electron chi connectivity index (χ0n) is 9.21. The SMILES string of the molecule is CC/C(=C\C1CCCCC1)C(=O)OC. The molecule has 0 aliphatic heterocycles. The molecular weight excluding hydrogens is 176 g/mol. The molecular formula is C12H20O2. The molecule has 0 aromatic heterocycles. The number of hydrogen-bond donors (Lipinski definition) is 0. The first-order valence-electron chi connectivity index (χ1n) is 5.57. The lowest BCUT2D eigenvalue weighted by atomic mass is 9.87. The fraction of sp³-hybridized carbons (Fsp3) is 0.750. The Kier molecular flexibility index (Phi) is 4.71. The van der Waals surface area contributed by atoms with Gasteiger partial charge in [-0.1, -0.05) is 32.3 Å². The van der Waals surface area contributed by atoms with Crippen LogP contribution in [-0.2, 0) is 9.53 Å². The highest BCUT2D eigenvalue weighted by Crippen LogP contribution is 2.26. The van der Waals surface area contributed by atoms with Gasteiger partial charge < -0.3 is 4.74 Å². The summed E-state index contributed by atoms with van der Waals surface area (Å²) in [6.45, 7) is 2.01. The third-order valence-electron chi connectivity index (χ3n) is 2.92. The van der Waals surface area contributed by atoms with Gasteiger partial charge in [0.2, 0.25) is 0 Å². The molecule has 0 atom stereocenters. The van der Waals surface area contributed by atoms with Crippen molar-refractivity contribution in [3.63, 3.8) is 0 Å². The number of rotatable bonds is 3. The predicted octanol–water partition coefficient (Wildman–Crippen LogP) is 3.08. The lowest BCUT2D eigenvalue weighted by molar-refractivity contribution is -0.136. The van der Waals surface area contributed by atoms with Crippen molar-refractivity contribution < 1.29 is 9.53 Å². The van der Waals surface area contributed by atoms with Crippen molar-refractivity contribution in [3.05, 3.63) is 11.6 Å². The zero-order valence-corrected chi connectivity index (χ0v) is 9.21. The van der Waals surface area contributed by atoms with E-state index in [1.807, 2.05) is 6.92 Å². The summed E-state index contributed by atoms with van der Waals surface area (Å²) in [5, 5.41) is 0. The van der Waals surface area contributed by atoms with Gasteiger partial charge in [-0.25, -0.2) is 4.79 Å². The smallest absolute Gasteiger partial charge is 0.333 e.